The van der Waals surface area contributed by atoms with Crippen molar-refractivity contribution >= 4 is 57.9 Å². The van der Waals surface area contributed by atoms with E-state index in [1.54, 1.807) is 49.4 Å². The van der Waals surface area contributed by atoms with Crippen LogP contribution in [0.25, 0.3) is 5.76 Å². The van der Waals surface area contributed by atoms with Gasteiger partial charge in [0.2, 0.25) is 0 Å². The van der Waals surface area contributed by atoms with E-state index in [1.165, 1.54) is 11.0 Å². The number of carbonyl (C=O) groups excluding carboxylic acids is 2. The summed E-state index contributed by atoms with van der Waals surface area (Å²) in [4.78, 5) is 27.8. The molecule has 1 aliphatic rings. The molecule has 0 spiro atoms. The van der Waals surface area contributed by atoms with E-state index in [0.717, 1.165) is 5.56 Å². The maximum atomic E-state index is 13.3. The first-order chi connectivity index (χ1) is 16.2. The third-order valence-electron chi connectivity index (χ3n) is 5.52. The molecule has 8 heteroatoms. The highest BCUT2D eigenvalue weighted by Crippen LogP contribution is 2.44. The number of benzene rings is 3. The van der Waals surface area contributed by atoms with Gasteiger partial charge in [-0.2, -0.15) is 0 Å². The number of nitrogens with zero attached hydrogens (tertiary/aromatic N) is 1. The van der Waals surface area contributed by atoms with Crippen molar-refractivity contribution in [3.63, 3.8) is 0 Å². The minimum absolute atomic E-state index is 0.0752. The molecule has 1 unspecified atom stereocenters. The highest BCUT2D eigenvalue weighted by molar-refractivity contribution is 6.52. The van der Waals surface area contributed by atoms with E-state index in [1.807, 2.05) is 19.1 Å². The number of Topliss-reactive ketones (excluding diaryl/α,β-unsaturated/α-hetero) is 1. The number of aryl methyl sites for hydroxylation is 1. The monoisotopic (exact) mass is 515 g/mol. The molecular formula is C26H20Cl3NO4. The topological polar surface area (TPSA) is 66.8 Å². The van der Waals surface area contributed by atoms with Crippen molar-refractivity contribution < 1.29 is 19.4 Å². The first-order valence-corrected chi connectivity index (χ1v) is 11.6. The van der Waals surface area contributed by atoms with E-state index >= 15 is 0 Å². The van der Waals surface area contributed by atoms with Gasteiger partial charge in [0.25, 0.3) is 11.7 Å². The lowest BCUT2D eigenvalue weighted by Crippen LogP contribution is -2.29. The number of hydrogen-bond acceptors (Lipinski definition) is 4. The van der Waals surface area contributed by atoms with Gasteiger partial charge in [-0.1, -0.05) is 58.6 Å². The Kier molecular flexibility index (Phi) is 6.89. The maximum Gasteiger partial charge on any atom is 0.300 e. The number of ether oxygens (including phenoxy) is 1. The van der Waals surface area contributed by atoms with Crippen LogP contribution in [0.5, 0.6) is 5.75 Å². The summed E-state index contributed by atoms with van der Waals surface area (Å²) in [6.45, 7) is 4.09. The molecule has 1 N–H and O–H groups in total. The highest BCUT2D eigenvalue weighted by atomic mass is 35.5. The molecule has 3 aromatic rings. The summed E-state index contributed by atoms with van der Waals surface area (Å²) in [5.74, 6) is -1.57. The Bertz CT molecular complexity index is 1320. The zero-order valence-corrected chi connectivity index (χ0v) is 20.6. The standard InChI is InChI=1S/C26H20Cl3NO4/c1-3-34-21-13-16(7-11-19(21)28)24(31)22-23(15-6-10-18(27)20(29)12-15)30(26(33)25(22)32)17-8-4-14(2)5-9-17/h4-13,23,31H,3H2,1-2H3/b24-22-. The summed E-state index contributed by atoms with van der Waals surface area (Å²) < 4.78 is 5.52. The molecule has 1 saturated heterocycles. The molecule has 1 aliphatic heterocycles. The number of aliphatic hydroxyl groups excluding tert-OH is 1. The van der Waals surface area contributed by atoms with Crippen LogP contribution in [0, 0.1) is 6.92 Å². The third-order valence-corrected chi connectivity index (χ3v) is 6.57. The zero-order chi connectivity index (χ0) is 24.6. The van der Waals surface area contributed by atoms with Crippen molar-refractivity contribution in [2.24, 2.45) is 0 Å². The van der Waals surface area contributed by atoms with Gasteiger partial charge < -0.3 is 9.84 Å². The molecule has 0 radical (unpaired) electrons. The average Bonchev–Trinajstić information content (AvgIpc) is 3.08. The molecule has 5 nitrogen and oxygen atoms in total. The summed E-state index contributed by atoms with van der Waals surface area (Å²) in [6.07, 6.45) is 0. The summed E-state index contributed by atoms with van der Waals surface area (Å²) in [7, 11) is 0. The minimum Gasteiger partial charge on any atom is -0.507 e. The molecule has 1 amide bonds. The van der Waals surface area contributed by atoms with Gasteiger partial charge in [-0.25, -0.2) is 0 Å². The molecule has 1 heterocycles. The molecular weight excluding hydrogens is 497 g/mol. The predicted molar refractivity (Wildman–Crippen MR) is 135 cm³/mol. The Morgan fingerprint density at radius 2 is 1.62 bits per heavy atom. The van der Waals surface area contributed by atoms with Crippen molar-refractivity contribution in [3.05, 3.63) is 98.0 Å². The van der Waals surface area contributed by atoms with E-state index in [2.05, 4.69) is 0 Å². The van der Waals surface area contributed by atoms with Crippen LogP contribution in [0.4, 0.5) is 5.69 Å². The highest BCUT2D eigenvalue weighted by Gasteiger charge is 2.47. The number of rotatable bonds is 5. The van der Waals surface area contributed by atoms with Crippen molar-refractivity contribution in [1.82, 2.24) is 0 Å². The van der Waals surface area contributed by atoms with Crippen molar-refractivity contribution in [2.45, 2.75) is 19.9 Å². The van der Waals surface area contributed by atoms with Gasteiger partial charge in [0.1, 0.15) is 11.5 Å². The van der Waals surface area contributed by atoms with Crippen LogP contribution in [0.2, 0.25) is 15.1 Å². The Morgan fingerprint density at radius 1 is 0.941 bits per heavy atom. The lowest BCUT2D eigenvalue weighted by molar-refractivity contribution is -0.132. The fourth-order valence-corrected chi connectivity index (χ4v) is 4.35. The quantitative estimate of drug-likeness (QED) is 0.226. The lowest BCUT2D eigenvalue weighted by atomic mass is 9.95. The summed E-state index contributed by atoms with van der Waals surface area (Å²) in [6, 6.07) is 15.8. The Balaban J connectivity index is 1.95. The number of hydrogen-bond donors (Lipinski definition) is 1. The summed E-state index contributed by atoms with van der Waals surface area (Å²) in [5, 5.41) is 12.2. The van der Waals surface area contributed by atoms with E-state index < -0.39 is 17.7 Å². The summed E-state index contributed by atoms with van der Waals surface area (Å²) >= 11 is 18.6. The van der Waals surface area contributed by atoms with Gasteiger partial charge in [-0.05, 0) is 61.9 Å². The van der Waals surface area contributed by atoms with Gasteiger partial charge in [-0.3, -0.25) is 14.5 Å². The van der Waals surface area contributed by atoms with Crippen LogP contribution < -0.4 is 9.64 Å². The van der Waals surface area contributed by atoms with Gasteiger partial charge in [-0.15, -0.1) is 0 Å². The molecule has 3 aromatic carbocycles. The van der Waals surface area contributed by atoms with Gasteiger partial charge in [0, 0.05) is 11.3 Å². The van der Waals surface area contributed by atoms with E-state index in [9.17, 15) is 14.7 Å². The number of halogens is 3. The second-order valence-corrected chi connectivity index (χ2v) is 8.98. The number of anilines is 1. The van der Waals surface area contributed by atoms with E-state index in [0.29, 0.717) is 39.2 Å². The van der Waals surface area contributed by atoms with Crippen molar-refractivity contribution in [1.29, 1.82) is 0 Å². The lowest BCUT2D eigenvalue weighted by Gasteiger charge is -2.26. The van der Waals surface area contributed by atoms with Gasteiger partial charge in [0.15, 0.2) is 0 Å². The minimum atomic E-state index is -0.927. The predicted octanol–water partition coefficient (Wildman–Crippen LogP) is 6.98. The van der Waals surface area contributed by atoms with Crippen LogP contribution in [0.15, 0.2) is 66.2 Å². The molecule has 0 aliphatic carbocycles. The number of amides is 1. The van der Waals surface area contributed by atoms with E-state index in [4.69, 9.17) is 39.5 Å². The number of carbonyl (C=O) groups is 2. The molecule has 174 valence electrons. The third kappa shape index (κ3) is 4.39. The normalized spacial score (nSPS) is 17.3. The molecule has 1 fully saturated rings. The zero-order valence-electron chi connectivity index (χ0n) is 18.3. The van der Waals surface area contributed by atoms with Crippen LogP contribution in [-0.2, 0) is 9.59 Å². The Labute approximate surface area is 212 Å². The first kappa shape index (κ1) is 24.1. The largest absolute Gasteiger partial charge is 0.507 e. The fraction of sp³-hybridized carbons (Fsp3) is 0.154. The maximum absolute atomic E-state index is 13.3. The molecule has 4 rings (SSSR count). The number of aliphatic hydroxyl groups is 1. The summed E-state index contributed by atoms with van der Waals surface area (Å²) in [5.41, 5.74) is 2.24. The van der Waals surface area contributed by atoms with Crippen LogP contribution in [0.1, 0.15) is 29.7 Å². The Morgan fingerprint density at radius 3 is 2.26 bits per heavy atom. The molecule has 0 aromatic heterocycles. The van der Waals surface area contributed by atoms with Crippen LogP contribution in [-0.4, -0.2) is 23.4 Å². The molecule has 0 bridgehead atoms. The molecule has 1 atom stereocenters. The fourth-order valence-electron chi connectivity index (χ4n) is 3.87. The van der Waals surface area contributed by atoms with Crippen molar-refractivity contribution in [2.75, 3.05) is 11.5 Å². The van der Waals surface area contributed by atoms with E-state index in [-0.39, 0.29) is 16.4 Å². The SMILES string of the molecule is CCOc1cc(/C(O)=C2/C(=O)C(=O)N(c3ccc(C)cc3)C2c2ccc(Cl)c(Cl)c2)ccc1Cl. The van der Waals surface area contributed by atoms with Crippen LogP contribution >= 0.6 is 34.8 Å². The first-order valence-electron chi connectivity index (χ1n) is 10.5. The average molecular weight is 517 g/mol. The van der Waals surface area contributed by atoms with Crippen molar-refractivity contribution in [3.8, 4) is 5.75 Å². The molecule has 0 saturated carbocycles. The smallest absolute Gasteiger partial charge is 0.300 e. The number of ketones is 1. The second-order valence-electron chi connectivity index (χ2n) is 7.76. The second kappa shape index (κ2) is 9.71. The van der Waals surface area contributed by atoms with Gasteiger partial charge in [0.05, 0.1) is 33.3 Å². The van der Waals surface area contributed by atoms with Crippen LogP contribution in [0.3, 0.4) is 0 Å². The van der Waals surface area contributed by atoms with Gasteiger partial charge >= 0.3 is 0 Å². The molecule has 34 heavy (non-hydrogen) atoms. The Hall–Kier alpha value is -2.99.